The molecule has 1 heterocycles. The van der Waals surface area contributed by atoms with E-state index in [2.05, 4.69) is 0 Å². The number of nitrogens with zero attached hydrogens (tertiary/aromatic N) is 2. The minimum atomic E-state index is -2.59. The van der Waals surface area contributed by atoms with E-state index in [0.29, 0.717) is 5.75 Å². The molecule has 2 aromatic carbocycles. The summed E-state index contributed by atoms with van der Waals surface area (Å²) < 4.78 is 20.9. The van der Waals surface area contributed by atoms with Crippen molar-refractivity contribution in [3.63, 3.8) is 0 Å². The number of carbonyl (C=O) groups excluding carboxylic acids is 5. The molecule has 0 spiro atoms. The Morgan fingerprint density at radius 2 is 1.41 bits per heavy atom. The Hall–Kier alpha value is -4.81. The van der Waals surface area contributed by atoms with Crippen LogP contribution in [0.3, 0.4) is 0 Å². The van der Waals surface area contributed by atoms with Crippen molar-refractivity contribution in [2.45, 2.75) is 32.7 Å². The smallest absolute Gasteiger partial charge is 0.344 e. The number of hydrogen-bond donors (Lipinski definition) is 0. The van der Waals surface area contributed by atoms with Crippen molar-refractivity contribution in [1.29, 1.82) is 0 Å². The zero-order valence-corrected chi connectivity index (χ0v) is 23.0. The molecule has 0 unspecified atom stereocenters. The zero-order chi connectivity index (χ0) is 30.3. The van der Waals surface area contributed by atoms with Crippen LogP contribution in [-0.2, 0) is 33.4 Å². The van der Waals surface area contributed by atoms with Gasteiger partial charge in [-0.15, -0.1) is 0 Å². The van der Waals surface area contributed by atoms with E-state index in [1.54, 1.807) is 0 Å². The van der Waals surface area contributed by atoms with Gasteiger partial charge in [0.15, 0.2) is 5.78 Å². The fraction of sp³-hybridized carbons (Fsp3) is 0.393. The molecule has 0 bridgehead atoms. The third kappa shape index (κ3) is 5.74. The van der Waals surface area contributed by atoms with Crippen LogP contribution in [0.25, 0.3) is 0 Å². The minimum Gasteiger partial charge on any atom is -0.497 e. The number of anilines is 1. The van der Waals surface area contributed by atoms with E-state index >= 15 is 0 Å². The van der Waals surface area contributed by atoms with Gasteiger partial charge in [-0.25, -0.2) is 9.59 Å². The quantitative estimate of drug-likeness (QED) is 0.0918. The highest BCUT2D eigenvalue weighted by molar-refractivity contribution is 6.23. The van der Waals surface area contributed by atoms with Gasteiger partial charge >= 0.3 is 17.9 Å². The summed E-state index contributed by atoms with van der Waals surface area (Å²) in [4.78, 5) is 79.7. The predicted octanol–water partition coefficient (Wildman–Crippen LogP) is 2.88. The van der Waals surface area contributed by atoms with E-state index < -0.39 is 58.3 Å². The molecule has 2 atom stereocenters. The van der Waals surface area contributed by atoms with Gasteiger partial charge in [0, 0.05) is 35.7 Å². The molecule has 0 aromatic heterocycles. The van der Waals surface area contributed by atoms with Gasteiger partial charge < -0.3 is 18.9 Å². The lowest BCUT2D eigenvalue weighted by molar-refractivity contribution is -0.384. The first-order chi connectivity index (χ1) is 19.6. The summed E-state index contributed by atoms with van der Waals surface area (Å²) in [5, 5.41) is 11.1. The number of nitro groups is 1. The largest absolute Gasteiger partial charge is 0.497 e. The van der Waals surface area contributed by atoms with Crippen molar-refractivity contribution in [2.24, 2.45) is 11.8 Å². The molecule has 13 heteroatoms. The van der Waals surface area contributed by atoms with Gasteiger partial charge in [-0.05, 0) is 57.2 Å². The molecule has 1 amide bonds. The Labute approximate surface area is 235 Å². The third-order valence-electron chi connectivity index (χ3n) is 6.63. The first-order valence-electron chi connectivity index (χ1n) is 12.8. The first kappa shape index (κ1) is 30.7. The van der Waals surface area contributed by atoms with Crippen LogP contribution >= 0.6 is 0 Å². The number of nitro benzene ring substituents is 1. The molecule has 1 aliphatic heterocycles. The van der Waals surface area contributed by atoms with E-state index in [-0.39, 0.29) is 36.8 Å². The SMILES string of the molecule is CCOC(=O)[C@H]1C(=O)N(c2ccc(OC)cc2)C(C(=O)OCC)(C(=O)OCC)[C@@H]1CC(=O)c1ccc([N+](=O)[O-])cc1. The predicted molar refractivity (Wildman–Crippen MR) is 142 cm³/mol. The molecule has 13 nitrogen and oxygen atoms in total. The van der Waals surface area contributed by atoms with Crippen molar-refractivity contribution < 1.29 is 47.8 Å². The number of benzene rings is 2. The van der Waals surface area contributed by atoms with Gasteiger partial charge in [0.2, 0.25) is 11.4 Å². The second-order valence-electron chi connectivity index (χ2n) is 8.85. The summed E-state index contributed by atoms with van der Waals surface area (Å²) in [7, 11) is 1.42. The number of non-ortho nitro benzene ring substituents is 1. The number of carbonyl (C=O) groups is 5. The van der Waals surface area contributed by atoms with Gasteiger partial charge in [0.1, 0.15) is 11.7 Å². The van der Waals surface area contributed by atoms with Crippen molar-refractivity contribution >= 4 is 41.0 Å². The summed E-state index contributed by atoms with van der Waals surface area (Å²) in [5.41, 5.74) is -2.82. The van der Waals surface area contributed by atoms with E-state index in [9.17, 15) is 34.1 Å². The van der Waals surface area contributed by atoms with E-state index in [1.165, 1.54) is 64.3 Å². The second-order valence-corrected chi connectivity index (χ2v) is 8.85. The number of Topliss-reactive ketones (excluding diaryl/α,β-unsaturated/α-hetero) is 1. The fourth-order valence-corrected chi connectivity index (χ4v) is 4.85. The molecule has 218 valence electrons. The number of hydrogen-bond acceptors (Lipinski definition) is 11. The van der Waals surface area contributed by atoms with Crippen LogP contribution in [0, 0.1) is 22.0 Å². The van der Waals surface area contributed by atoms with Gasteiger partial charge in [-0.2, -0.15) is 0 Å². The van der Waals surface area contributed by atoms with Crippen LogP contribution in [0.1, 0.15) is 37.6 Å². The third-order valence-corrected chi connectivity index (χ3v) is 6.63. The lowest BCUT2D eigenvalue weighted by atomic mass is 9.75. The zero-order valence-electron chi connectivity index (χ0n) is 23.0. The number of ether oxygens (including phenoxy) is 4. The molecular weight excluding hydrogens is 540 g/mol. The molecular formula is C28H30N2O11. The highest BCUT2D eigenvalue weighted by Gasteiger charge is 2.72. The summed E-state index contributed by atoms with van der Waals surface area (Å²) in [6.45, 7) is 3.98. The molecule has 41 heavy (non-hydrogen) atoms. The van der Waals surface area contributed by atoms with Crippen LogP contribution < -0.4 is 9.64 Å². The molecule has 0 saturated carbocycles. The molecule has 0 radical (unpaired) electrons. The van der Waals surface area contributed by atoms with E-state index in [0.717, 1.165) is 17.0 Å². The monoisotopic (exact) mass is 570 g/mol. The molecule has 1 fully saturated rings. The maximum atomic E-state index is 14.0. The summed E-state index contributed by atoms with van der Waals surface area (Å²) in [5.74, 6) is -8.10. The summed E-state index contributed by atoms with van der Waals surface area (Å²) in [6, 6.07) is 10.4. The molecule has 3 rings (SSSR count). The maximum Gasteiger partial charge on any atom is 0.344 e. The lowest BCUT2D eigenvalue weighted by Gasteiger charge is -2.37. The number of methoxy groups -OCH3 is 1. The van der Waals surface area contributed by atoms with Crippen molar-refractivity contribution in [1.82, 2.24) is 0 Å². The van der Waals surface area contributed by atoms with Gasteiger partial charge in [-0.3, -0.25) is 29.4 Å². The maximum absolute atomic E-state index is 14.0. The summed E-state index contributed by atoms with van der Waals surface area (Å²) >= 11 is 0. The van der Waals surface area contributed by atoms with Crippen LogP contribution in [0.2, 0.25) is 0 Å². The van der Waals surface area contributed by atoms with Crippen LogP contribution in [0.15, 0.2) is 48.5 Å². The molecule has 0 N–H and O–H groups in total. The first-order valence-corrected chi connectivity index (χ1v) is 12.8. The van der Waals surface area contributed by atoms with Crippen LogP contribution in [-0.4, -0.2) is 67.0 Å². The lowest BCUT2D eigenvalue weighted by Crippen LogP contribution is -2.63. The van der Waals surface area contributed by atoms with Crippen LogP contribution in [0.5, 0.6) is 5.75 Å². The Balaban J connectivity index is 2.28. The highest BCUT2D eigenvalue weighted by Crippen LogP contribution is 2.48. The average molecular weight is 571 g/mol. The number of esters is 3. The number of rotatable bonds is 12. The fourth-order valence-electron chi connectivity index (χ4n) is 4.85. The minimum absolute atomic E-state index is 0.00447. The van der Waals surface area contributed by atoms with Gasteiger partial charge in [0.25, 0.3) is 5.69 Å². The van der Waals surface area contributed by atoms with E-state index in [4.69, 9.17) is 18.9 Å². The highest BCUT2D eigenvalue weighted by atomic mass is 16.6. The molecule has 0 aliphatic carbocycles. The topological polar surface area (TPSA) is 169 Å². The number of amides is 1. The normalized spacial score (nSPS) is 17.5. The molecule has 1 aliphatic rings. The Bertz CT molecular complexity index is 1300. The van der Waals surface area contributed by atoms with Crippen LogP contribution in [0.4, 0.5) is 11.4 Å². The van der Waals surface area contributed by atoms with Crippen molar-refractivity contribution in [3.8, 4) is 5.75 Å². The summed E-state index contributed by atoms with van der Waals surface area (Å²) in [6.07, 6.45) is -0.683. The van der Waals surface area contributed by atoms with Crippen molar-refractivity contribution in [2.75, 3.05) is 31.8 Å². The average Bonchev–Trinajstić information content (AvgIpc) is 3.22. The Morgan fingerprint density at radius 1 is 0.878 bits per heavy atom. The van der Waals surface area contributed by atoms with Crippen molar-refractivity contribution in [3.05, 3.63) is 64.2 Å². The van der Waals surface area contributed by atoms with Gasteiger partial charge in [0.05, 0.1) is 31.9 Å². The Morgan fingerprint density at radius 3 is 1.88 bits per heavy atom. The van der Waals surface area contributed by atoms with Gasteiger partial charge in [-0.1, -0.05) is 0 Å². The number of ketones is 1. The molecule has 2 aromatic rings. The van der Waals surface area contributed by atoms with E-state index in [1.807, 2.05) is 0 Å². The second kappa shape index (κ2) is 13.0. The Kier molecular flexibility index (Phi) is 9.76. The standard InChI is InChI=1S/C28H30N2O11/c1-5-39-25(33)23-21(16-22(31)17-8-10-19(11-9-17)30(36)37)28(26(34)40-6-2,27(35)41-7-3)29(24(23)32)18-12-14-20(38-4)15-13-18/h8-15,21,23H,5-7,16H2,1-4H3/t21-,23-/m1/s1. The molecule has 1 saturated heterocycles.